The maximum absolute atomic E-state index is 14.0. The summed E-state index contributed by atoms with van der Waals surface area (Å²) in [6.07, 6.45) is 1.63. The Kier molecular flexibility index (Phi) is 5.25. The zero-order valence-electron chi connectivity index (χ0n) is 15.3. The largest absolute Gasteiger partial charge is 0.322 e. The summed E-state index contributed by atoms with van der Waals surface area (Å²) in [5, 5.41) is 3.56. The molecular weight excluding hydrogens is 413 g/mol. The Morgan fingerprint density at radius 3 is 2.86 bits per heavy atom. The predicted octanol–water partition coefficient (Wildman–Crippen LogP) is 5.26. The maximum Gasteiger partial charge on any atom is 0.261 e. The highest BCUT2D eigenvalue weighted by Gasteiger charge is 2.27. The van der Waals surface area contributed by atoms with Crippen molar-refractivity contribution in [2.75, 3.05) is 16.8 Å². The number of nitrogens with zero attached hydrogens (tertiary/aromatic N) is 2. The molecule has 0 aliphatic carbocycles. The molecule has 2 amide bonds. The first-order valence-electron chi connectivity index (χ1n) is 8.83. The van der Waals surface area contributed by atoms with Crippen LogP contribution in [0.25, 0.3) is 0 Å². The van der Waals surface area contributed by atoms with Gasteiger partial charge < -0.3 is 10.2 Å². The molecule has 1 aliphatic rings. The van der Waals surface area contributed by atoms with Crippen LogP contribution in [0.15, 0.2) is 64.6 Å². The molecule has 0 fully saturated rings. The number of halogens is 2. The maximum atomic E-state index is 14.0. The van der Waals surface area contributed by atoms with Crippen molar-refractivity contribution in [1.82, 2.24) is 4.98 Å². The number of carbonyl (C=O) groups excluding carboxylic acids is 2. The normalized spacial score (nSPS) is 12.8. The van der Waals surface area contributed by atoms with Gasteiger partial charge in [0.15, 0.2) is 0 Å². The molecule has 0 bridgehead atoms. The van der Waals surface area contributed by atoms with Crippen LogP contribution >= 0.6 is 23.4 Å². The predicted molar refractivity (Wildman–Crippen MR) is 112 cm³/mol. The smallest absolute Gasteiger partial charge is 0.261 e. The molecule has 0 saturated carbocycles. The van der Waals surface area contributed by atoms with E-state index in [0.29, 0.717) is 22.8 Å². The summed E-state index contributed by atoms with van der Waals surface area (Å²) < 4.78 is 14.0. The molecule has 2 heterocycles. The van der Waals surface area contributed by atoms with E-state index in [1.54, 1.807) is 41.4 Å². The van der Waals surface area contributed by atoms with Crippen LogP contribution in [0.5, 0.6) is 0 Å². The summed E-state index contributed by atoms with van der Waals surface area (Å²) >= 11 is 7.22. The third-order valence-electron chi connectivity index (χ3n) is 4.45. The van der Waals surface area contributed by atoms with E-state index in [0.717, 1.165) is 16.6 Å². The molecule has 146 valence electrons. The summed E-state index contributed by atoms with van der Waals surface area (Å²) in [6.45, 7) is 2.38. The molecule has 1 N–H and O–H groups in total. The highest BCUT2D eigenvalue weighted by Crippen LogP contribution is 2.41. The van der Waals surface area contributed by atoms with Crippen LogP contribution < -0.4 is 10.2 Å². The fraction of sp³-hybridized carbons (Fsp3) is 0.0952. The van der Waals surface area contributed by atoms with Crippen LogP contribution in [0.4, 0.5) is 15.8 Å². The second-order valence-electron chi connectivity index (χ2n) is 6.27. The second-order valence-corrected chi connectivity index (χ2v) is 7.74. The van der Waals surface area contributed by atoms with Gasteiger partial charge in [0.2, 0.25) is 0 Å². The molecule has 4 rings (SSSR count). The van der Waals surface area contributed by atoms with Crippen molar-refractivity contribution < 1.29 is 14.0 Å². The standard InChI is InChI=1S/C21H15ClFN3O2S/c1-2-26-17-8-6-13(25-19(27)15-10-12(22)5-7-16(15)23)11-18(17)29-20-14(21(26)28)4-3-9-24-20/h3-11H,2H2,1H3,(H,25,27). The highest BCUT2D eigenvalue weighted by molar-refractivity contribution is 7.99. The molecule has 2 aromatic carbocycles. The molecular formula is C21H15ClFN3O2S. The van der Waals surface area contributed by atoms with Crippen LogP contribution in [0, 0.1) is 5.82 Å². The second kappa shape index (κ2) is 7.85. The third kappa shape index (κ3) is 3.71. The SMILES string of the molecule is CCN1C(=O)c2cccnc2Sc2cc(NC(=O)c3cc(Cl)ccc3F)ccc21. The van der Waals surface area contributed by atoms with Gasteiger partial charge in [0.05, 0.1) is 16.8 Å². The number of hydrogen-bond acceptors (Lipinski definition) is 4. The van der Waals surface area contributed by atoms with Crippen molar-refractivity contribution >= 4 is 46.6 Å². The lowest BCUT2D eigenvalue weighted by atomic mass is 10.2. The van der Waals surface area contributed by atoms with E-state index in [2.05, 4.69) is 10.3 Å². The minimum Gasteiger partial charge on any atom is -0.322 e. The number of anilines is 2. The minimum atomic E-state index is -0.656. The zero-order valence-corrected chi connectivity index (χ0v) is 16.9. The van der Waals surface area contributed by atoms with E-state index < -0.39 is 11.7 Å². The number of rotatable bonds is 3. The first-order valence-corrected chi connectivity index (χ1v) is 10.0. The van der Waals surface area contributed by atoms with Gasteiger partial charge in [-0.2, -0.15) is 0 Å². The van der Waals surface area contributed by atoms with Gasteiger partial charge >= 0.3 is 0 Å². The Labute approximate surface area is 175 Å². The van der Waals surface area contributed by atoms with Crippen LogP contribution in [-0.2, 0) is 0 Å². The first-order chi connectivity index (χ1) is 14.0. The molecule has 1 aliphatic heterocycles. The molecule has 5 nitrogen and oxygen atoms in total. The molecule has 0 atom stereocenters. The Bertz CT molecular complexity index is 1140. The number of hydrogen-bond donors (Lipinski definition) is 1. The van der Waals surface area contributed by atoms with Crippen molar-refractivity contribution in [3.63, 3.8) is 0 Å². The number of carbonyl (C=O) groups is 2. The molecule has 0 spiro atoms. The van der Waals surface area contributed by atoms with Crippen LogP contribution in [0.1, 0.15) is 27.6 Å². The van der Waals surface area contributed by atoms with E-state index in [-0.39, 0.29) is 16.5 Å². The quantitative estimate of drug-likeness (QED) is 0.619. The number of amides is 2. The van der Waals surface area contributed by atoms with Crippen molar-refractivity contribution in [1.29, 1.82) is 0 Å². The Hall–Kier alpha value is -2.90. The number of fused-ring (bicyclic) bond motifs is 2. The minimum absolute atomic E-state index is 0.125. The molecule has 0 saturated heterocycles. The summed E-state index contributed by atoms with van der Waals surface area (Å²) in [5.74, 6) is -1.39. The van der Waals surface area contributed by atoms with Gasteiger partial charge in [0, 0.05) is 28.3 Å². The van der Waals surface area contributed by atoms with Crippen LogP contribution in [0.2, 0.25) is 5.02 Å². The Balaban J connectivity index is 1.70. The first kappa shape index (κ1) is 19.4. The van der Waals surface area contributed by atoms with Crippen molar-refractivity contribution in [3.8, 4) is 0 Å². The molecule has 1 aromatic heterocycles. The molecule has 0 unspecified atom stereocenters. The van der Waals surface area contributed by atoms with Gasteiger partial charge in [-0.3, -0.25) is 9.59 Å². The third-order valence-corrected chi connectivity index (χ3v) is 5.75. The number of aromatic nitrogens is 1. The highest BCUT2D eigenvalue weighted by atomic mass is 35.5. The number of benzene rings is 2. The number of pyridine rings is 1. The van der Waals surface area contributed by atoms with Gasteiger partial charge in [-0.25, -0.2) is 9.37 Å². The fourth-order valence-electron chi connectivity index (χ4n) is 3.07. The van der Waals surface area contributed by atoms with Crippen LogP contribution in [-0.4, -0.2) is 23.3 Å². The molecule has 3 aromatic rings. The summed E-state index contributed by atoms with van der Waals surface area (Å²) in [5.41, 5.74) is 1.59. The average molecular weight is 428 g/mol. The van der Waals surface area contributed by atoms with E-state index in [1.165, 1.54) is 23.9 Å². The Morgan fingerprint density at radius 2 is 2.07 bits per heavy atom. The molecule has 29 heavy (non-hydrogen) atoms. The lowest BCUT2D eigenvalue weighted by molar-refractivity contribution is 0.0983. The fourth-order valence-corrected chi connectivity index (χ4v) is 4.30. The van der Waals surface area contributed by atoms with Crippen molar-refractivity contribution in [2.24, 2.45) is 0 Å². The molecule has 0 radical (unpaired) electrons. The zero-order chi connectivity index (χ0) is 20.5. The van der Waals surface area contributed by atoms with E-state index >= 15 is 0 Å². The lowest BCUT2D eigenvalue weighted by Gasteiger charge is -2.21. The summed E-state index contributed by atoms with van der Waals surface area (Å²) in [6, 6.07) is 12.5. The van der Waals surface area contributed by atoms with Gasteiger partial charge in [-0.1, -0.05) is 23.4 Å². The van der Waals surface area contributed by atoms with Gasteiger partial charge in [-0.05, 0) is 55.5 Å². The molecule has 8 heteroatoms. The van der Waals surface area contributed by atoms with E-state index in [4.69, 9.17) is 11.6 Å². The average Bonchev–Trinajstić information content (AvgIpc) is 2.83. The van der Waals surface area contributed by atoms with Gasteiger partial charge in [0.1, 0.15) is 10.8 Å². The lowest BCUT2D eigenvalue weighted by Crippen LogP contribution is -2.30. The Morgan fingerprint density at radius 1 is 1.24 bits per heavy atom. The topological polar surface area (TPSA) is 62.3 Å². The van der Waals surface area contributed by atoms with E-state index in [9.17, 15) is 14.0 Å². The van der Waals surface area contributed by atoms with Crippen molar-refractivity contribution in [3.05, 3.63) is 76.7 Å². The van der Waals surface area contributed by atoms with Crippen LogP contribution in [0.3, 0.4) is 0 Å². The van der Waals surface area contributed by atoms with E-state index in [1.807, 2.05) is 6.92 Å². The van der Waals surface area contributed by atoms with Gasteiger partial charge in [-0.15, -0.1) is 0 Å². The number of nitrogens with one attached hydrogen (secondary N) is 1. The van der Waals surface area contributed by atoms with Gasteiger partial charge in [0.25, 0.3) is 11.8 Å². The summed E-state index contributed by atoms with van der Waals surface area (Å²) in [4.78, 5) is 32.1. The monoisotopic (exact) mass is 427 g/mol. The van der Waals surface area contributed by atoms with Crippen molar-refractivity contribution in [2.45, 2.75) is 16.8 Å². The summed E-state index contributed by atoms with van der Waals surface area (Å²) in [7, 11) is 0.